The van der Waals surface area contributed by atoms with Crippen LogP contribution in [0.15, 0.2) is 24.3 Å². The molecule has 30 heavy (non-hydrogen) atoms. The van der Waals surface area contributed by atoms with Crippen LogP contribution in [-0.2, 0) is 16.1 Å². The predicted octanol–water partition coefficient (Wildman–Crippen LogP) is 2.44. The number of benzene rings is 1. The highest BCUT2D eigenvalue weighted by atomic mass is 32.1. The summed E-state index contributed by atoms with van der Waals surface area (Å²) in [6, 6.07) is 5.90. The highest BCUT2D eigenvalue weighted by Gasteiger charge is 2.18. The van der Waals surface area contributed by atoms with Crippen molar-refractivity contribution in [2.75, 3.05) is 31.6 Å². The van der Waals surface area contributed by atoms with E-state index in [1.807, 2.05) is 0 Å². The van der Waals surface area contributed by atoms with Crippen LogP contribution >= 0.6 is 11.3 Å². The molecule has 1 saturated heterocycles. The second-order valence-electron chi connectivity index (χ2n) is 7.19. The summed E-state index contributed by atoms with van der Waals surface area (Å²) in [6.07, 6.45) is 3.42. The Labute approximate surface area is 178 Å². The molecular formula is C20H26FN5O3S. The number of anilines is 1. The van der Waals surface area contributed by atoms with Gasteiger partial charge in [0.15, 0.2) is 0 Å². The van der Waals surface area contributed by atoms with Gasteiger partial charge in [-0.15, -0.1) is 10.2 Å². The zero-order valence-corrected chi connectivity index (χ0v) is 17.7. The van der Waals surface area contributed by atoms with E-state index in [9.17, 15) is 14.0 Å². The number of amides is 2. The average Bonchev–Trinajstić information content (AvgIpc) is 3.42. The van der Waals surface area contributed by atoms with Crippen molar-refractivity contribution >= 4 is 28.8 Å². The summed E-state index contributed by atoms with van der Waals surface area (Å²) in [5.74, 6) is -0.994. The molecule has 1 aliphatic heterocycles. The first kappa shape index (κ1) is 22.3. The first-order valence-corrected chi connectivity index (χ1v) is 10.8. The van der Waals surface area contributed by atoms with Crippen LogP contribution < -0.4 is 10.6 Å². The third-order valence-corrected chi connectivity index (χ3v) is 5.77. The van der Waals surface area contributed by atoms with Crippen LogP contribution in [0.25, 0.3) is 0 Å². The second-order valence-corrected chi connectivity index (χ2v) is 8.25. The van der Waals surface area contributed by atoms with Gasteiger partial charge in [-0.2, -0.15) is 0 Å². The monoisotopic (exact) mass is 435 g/mol. The van der Waals surface area contributed by atoms with Gasteiger partial charge in [0.25, 0.3) is 5.91 Å². The van der Waals surface area contributed by atoms with Crippen LogP contribution in [0, 0.1) is 5.82 Å². The Bertz CT molecular complexity index is 839. The van der Waals surface area contributed by atoms with Gasteiger partial charge in [-0.25, -0.2) is 4.39 Å². The molecule has 0 aliphatic carbocycles. The van der Waals surface area contributed by atoms with Gasteiger partial charge in [0.2, 0.25) is 10.9 Å². The maximum Gasteiger partial charge on any atom is 0.286 e. The summed E-state index contributed by atoms with van der Waals surface area (Å²) < 4.78 is 18.3. The Kier molecular flexibility index (Phi) is 8.23. The molecule has 1 fully saturated rings. The first-order valence-electron chi connectivity index (χ1n) is 9.99. The Morgan fingerprint density at radius 3 is 2.70 bits per heavy atom. The lowest BCUT2D eigenvalue weighted by atomic mass is 10.2. The van der Waals surface area contributed by atoms with Gasteiger partial charge in [-0.05, 0) is 63.5 Å². The van der Waals surface area contributed by atoms with Crippen molar-refractivity contribution < 1.29 is 18.7 Å². The van der Waals surface area contributed by atoms with E-state index >= 15 is 0 Å². The molecule has 0 bridgehead atoms. The number of likely N-dealkylation sites (tertiary alicyclic amines) is 1. The van der Waals surface area contributed by atoms with E-state index in [0.29, 0.717) is 23.3 Å². The molecule has 10 heteroatoms. The number of halogens is 1. The van der Waals surface area contributed by atoms with Gasteiger partial charge >= 0.3 is 0 Å². The van der Waals surface area contributed by atoms with Gasteiger partial charge in [0, 0.05) is 18.3 Å². The molecule has 1 aromatic carbocycles. The molecule has 2 N–H and O–H groups in total. The molecule has 162 valence electrons. The van der Waals surface area contributed by atoms with Gasteiger partial charge in [-0.3, -0.25) is 9.59 Å². The lowest BCUT2D eigenvalue weighted by molar-refractivity contribution is -0.126. The second kappa shape index (κ2) is 11.1. The Balaban J connectivity index is 1.33. The molecule has 2 heterocycles. The normalized spacial score (nSPS) is 15.1. The van der Waals surface area contributed by atoms with Crippen LogP contribution in [-0.4, -0.2) is 59.2 Å². The molecule has 1 aliphatic rings. The Hall–Kier alpha value is -2.43. The van der Waals surface area contributed by atoms with E-state index in [-0.39, 0.29) is 29.9 Å². The van der Waals surface area contributed by atoms with Crippen LogP contribution in [0.3, 0.4) is 0 Å². The maximum absolute atomic E-state index is 12.9. The fourth-order valence-electron chi connectivity index (χ4n) is 3.19. The van der Waals surface area contributed by atoms with Gasteiger partial charge in [0.1, 0.15) is 24.0 Å². The number of hydrogen-bond acceptors (Lipinski definition) is 7. The molecule has 0 saturated carbocycles. The van der Waals surface area contributed by atoms with Crippen molar-refractivity contribution in [2.24, 2.45) is 0 Å². The number of nitrogens with one attached hydrogen (secondary N) is 2. The number of aromatic nitrogens is 2. The summed E-state index contributed by atoms with van der Waals surface area (Å²) >= 11 is 1.08. The number of nitrogens with zero attached hydrogens (tertiary/aromatic N) is 3. The lowest BCUT2D eigenvalue weighted by Gasteiger charge is -2.23. The van der Waals surface area contributed by atoms with Crippen molar-refractivity contribution in [3.05, 3.63) is 40.1 Å². The minimum Gasteiger partial charge on any atom is -0.364 e. The van der Waals surface area contributed by atoms with E-state index in [2.05, 4.69) is 32.7 Å². The number of rotatable bonds is 10. The zero-order chi connectivity index (χ0) is 21.3. The van der Waals surface area contributed by atoms with Gasteiger partial charge in [-0.1, -0.05) is 11.3 Å². The van der Waals surface area contributed by atoms with Crippen molar-refractivity contribution in [3.63, 3.8) is 0 Å². The summed E-state index contributed by atoms with van der Waals surface area (Å²) in [4.78, 5) is 26.5. The summed E-state index contributed by atoms with van der Waals surface area (Å²) in [7, 11) is 0. The van der Waals surface area contributed by atoms with E-state index in [0.717, 1.165) is 30.8 Å². The topological polar surface area (TPSA) is 96.5 Å². The average molecular weight is 436 g/mol. The van der Waals surface area contributed by atoms with E-state index in [4.69, 9.17) is 4.74 Å². The molecule has 2 amide bonds. The van der Waals surface area contributed by atoms with Crippen molar-refractivity contribution in [2.45, 2.75) is 38.8 Å². The molecule has 0 spiro atoms. The minimum atomic E-state index is -0.435. The SMILES string of the molecule is C[C@@H](CCNC(=O)COCc1nnc(C(=O)Nc2ccc(F)cc2)s1)N1CCCC1. The Morgan fingerprint density at radius 2 is 1.97 bits per heavy atom. The molecule has 1 atom stereocenters. The molecular weight excluding hydrogens is 409 g/mol. The quantitative estimate of drug-likeness (QED) is 0.595. The zero-order valence-electron chi connectivity index (χ0n) is 16.9. The third-order valence-electron chi connectivity index (χ3n) is 4.87. The van der Waals surface area contributed by atoms with Crippen molar-refractivity contribution in [3.8, 4) is 0 Å². The molecule has 0 unspecified atom stereocenters. The summed E-state index contributed by atoms with van der Waals surface area (Å²) in [5, 5.41) is 13.9. The predicted molar refractivity (Wildman–Crippen MR) is 112 cm³/mol. The first-order chi connectivity index (χ1) is 14.5. The molecule has 0 radical (unpaired) electrons. The molecule has 3 rings (SSSR count). The maximum atomic E-state index is 12.9. The van der Waals surface area contributed by atoms with Crippen LogP contribution in [0.5, 0.6) is 0 Å². The fourth-order valence-corrected chi connectivity index (χ4v) is 3.86. The number of hydrogen-bond donors (Lipinski definition) is 2. The number of carbonyl (C=O) groups is 2. The largest absolute Gasteiger partial charge is 0.364 e. The smallest absolute Gasteiger partial charge is 0.286 e. The molecule has 8 nitrogen and oxygen atoms in total. The molecule has 2 aromatic rings. The highest BCUT2D eigenvalue weighted by Crippen LogP contribution is 2.15. The van der Waals surface area contributed by atoms with Crippen LogP contribution in [0.1, 0.15) is 41.0 Å². The fraction of sp³-hybridized carbons (Fsp3) is 0.500. The summed E-state index contributed by atoms with van der Waals surface area (Å²) in [6.45, 7) is 5.11. The Morgan fingerprint density at radius 1 is 1.23 bits per heavy atom. The van der Waals surface area contributed by atoms with Crippen LogP contribution in [0.4, 0.5) is 10.1 Å². The molecule has 1 aromatic heterocycles. The van der Waals surface area contributed by atoms with E-state index in [1.54, 1.807) is 0 Å². The van der Waals surface area contributed by atoms with E-state index in [1.165, 1.54) is 37.1 Å². The lowest BCUT2D eigenvalue weighted by Crippen LogP contribution is -2.35. The number of carbonyl (C=O) groups excluding carboxylic acids is 2. The highest BCUT2D eigenvalue weighted by molar-refractivity contribution is 7.13. The van der Waals surface area contributed by atoms with E-state index < -0.39 is 5.91 Å². The third kappa shape index (κ3) is 6.82. The number of ether oxygens (including phenoxy) is 1. The summed E-state index contributed by atoms with van der Waals surface area (Å²) in [5.41, 5.74) is 0.463. The standard InChI is InChI=1S/C20H26FN5O3S/c1-14(26-10-2-3-11-26)8-9-22-17(27)12-29-13-18-24-25-20(30-18)19(28)23-16-6-4-15(21)5-7-16/h4-7,14H,2-3,8-13H2,1H3,(H,22,27)(H,23,28)/t14-/m0/s1. The van der Waals surface area contributed by atoms with Crippen molar-refractivity contribution in [1.82, 2.24) is 20.4 Å². The van der Waals surface area contributed by atoms with Crippen LogP contribution in [0.2, 0.25) is 0 Å². The van der Waals surface area contributed by atoms with Crippen molar-refractivity contribution in [1.29, 1.82) is 0 Å². The minimum absolute atomic E-state index is 0.0746. The van der Waals surface area contributed by atoms with Gasteiger partial charge < -0.3 is 20.3 Å². The van der Waals surface area contributed by atoms with Gasteiger partial charge in [0.05, 0.1) is 0 Å².